The van der Waals surface area contributed by atoms with Crippen LogP contribution in [0, 0.1) is 17.2 Å². The summed E-state index contributed by atoms with van der Waals surface area (Å²) in [5.41, 5.74) is -0.467. The van der Waals surface area contributed by atoms with E-state index in [9.17, 15) is 4.79 Å². The summed E-state index contributed by atoms with van der Waals surface area (Å²) in [5.74, 6) is -0.0463. The summed E-state index contributed by atoms with van der Waals surface area (Å²) in [6.45, 7) is 6.76. The maximum atomic E-state index is 11.8. The van der Waals surface area contributed by atoms with Crippen molar-refractivity contribution in [1.29, 1.82) is 5.26 Å². The van der Waals surface area contributed by atoms with Crippen LogP contribution < -0.4 is 0 Å². The van der Waals surface area contributed by atoms with Gasteiger partial charge in [0.15, 0.2) is 0 Å². The van der Waals surface area contributed by atoms with Crippen LogP contribution in [0.5, 0.6) is 0 Å². The first kappa shape index (κ1) is 12.8. The fourth-order valence-electron chi connectivity index (χ4n) is 1.74. The van der Waals surface area contributed by atoms with Crippen molar-refractivity contribution in [2.45, 2.75) is 45.6 Å². The van der Waals surface area contributed by atoms with Crippen LogP contribution in [0.4, 0.5) is 4.79 Å². The largest absolute Gasteiger partial charge is 0.444 e. The molecule has 1 atom stereocenters. The van der Waals surface area contributed by atoms with Gasteiger partial charge in [0.2, 0.25) is 0 Å². The summed E-state index contributed by atoms with van der Waals surface area (Å²) < 4.78 is 5.30. The van der Waals surface area contributed by atoms with E-state index in [1.54, 1.807) is 4.90 Å². The molecule has 0 unspecified atom stereocenters. The van der Waals surface area contributed by atoms with E-state index in [4.69, 9.17) is 10.00 Å². The Hall–Kier alpha value is -1.24. The Labute approximate surface area is 97.2 Å². The number of likely N-dealkylation sites (tertiary alicyclic amines) is 1. The minimum Gasteiger partial charge on any atom is -0.444 e. The zero-order valence-corrected chi connectivity index (χ0v) is 10.3. The van der Waals surface area contributed by atoms with Crippen LogP contribution >= 0.6 is 0 Å². The first-order valence-electron chi connectivity index (χ1n) is 5.80. The molecule has 0 radical (unpaired) electrons. The summed E-state index contributed by atoms with van der Waals surface area (Å²) in [6.07, 6.45) is 2.56. The molecule has 0 spiro atoms. The number of hydrogen-bond donors (Lipinski definition) is 0. The predicted octanol–water partition coefficient (Wildman–Crippen LogP) is 2.55. The van der Waals surface area contributed by atoms with Gasteiger partial charge in [-0.1, -0.05) is 6.42 Å². The third-order valence-corrected chi connectivity index (χ3v) is 2.51. The number of ether oxygens (including phenoxy) is 1. The van der Waals surface area contributed by atoms with E-state index in [0.717, 1.165) is 19.3 Å². The van der Waals surface area contributed by atoms with Crippen LogP contribution in [0.1, 0.15) is 40.0 Å². The summed E-state index contributed by atoms with van der Waals surface area (Å²) in [5, 5.41) is 8.92. The molecule has 0 N–H and O–H groups in total. The van der Waals surface area contributed by atoms with Crippen molar-refractivity contribution >= 4 is 6.09 Å². The molecule has 0 aromatic rings. The van der Waals surface area contributed by atoms with Gasteiger partial charge in [0, 0.05) is 13.1 Å². The van der Waals surface area contributed by atoms with Crippen LogP contribution in [0.2, 0.25) is 0 Å². The average Bonchev–Trinajstić information content (AvgIpc) is 2.39. The molecule has 0 saturated carbocycles. The number of nitriles is 1. The summed E-state index contributed by atoms with van der Waals surface area (Å²) in [7, 11) is 0. The number of amides is 1. The highest BCUT2D eigenvalue weighted by molar-refractivity contribution is 5.68. The van der Waals surface area contributed by atoms with Crippen molar-refractivity contribution in [3.63, 3.8) is 0 Å². The van der Waals surface area contributed by atoms with Gasteiger partial charge in [0.1, 0.15) is 5.60 Å². The maximum absolute atomic E-state index is 11.8. The molecule has 1 saturated heterocycles. The average molecular weight is 224 g/mol. The van der Waals surface area contributed by atoms with Gasteiger partial charge in [-0.2, -0.15) is 5.26 Å². The molecule has 4 nitrogen and oxygen atoms in total. The van der Waals surface area contributed by atoms with Crippen molar-refractivity contribution in [1.82, 2.24) is 4.90 Å². The Morgan fingerprint density at radius 3 is 2.69 bits per heavy atom. The fraction of sp³-hybridized carbons (Fsp3) is 0.833. The molecule has 0 bridgehead atoms. The molecule has 0 aliphatic carbocycles. The SMILES string of the molecule is CC(C)(C)OC(=O)N1CCCC[C@H](C#N)C1. The lowest BCUT2D eigenvalue weighted by atomic mass is 10.1. The first-order valence-corrected chi connectivity index (χ1v) is 5.80. The zero-order chi connectivity index (χ0) is 12.2. The summed E-state index contributed by atoms with van der Waals surface area (Å²) in [4.78, 5) is 13.5. The highest BCUT2D eigenvalue weighted by Gasteiger charge is 2.26. The molecular weight excluding hydrogens is 204 g/mol. The van der Waals surface area contributed by atoms with Gasteiger partial charge in [0.05, 0.1) is 12.0 Å². The normalized spacial score (nSPS) is 22.1. The molecule has 90 valence electrons. The smallest absolute Gasteiger partial charge is 0.410 e. The van der Waals surface area contributed by atoms with E-state index >= 15 is 0 Å². The second kappa shape index (κ2) is 5.20. The van der Waals surface area contributed by atoms with Gasteiger partial charge in [-0.05, 0) is 33.6 Å². The van der Waals surface area contributed by atoms with E-state index < -0.39 is 5.60 Å². The van der Waals surface area contributed by atoms with Crippen LogP contribution in [-0.4, -0.2) is 29.7 Å². The van der Waals surface area contributed by atoms with Crippen molar-refractivity contribution in [3.05, 3.63) is 0 Å². The molecule has 1 amide bonds. The number of carbonyl (C=O) groups is 1. The maximum Gasteiger partial charge on any atom is 0.410 e. The standard InChI is InChI=1S/C12H20N2O2/c1-12(2,3)16-11(15)14-7-5-4-6-10(8-13)9-14/h10H,4-7,9H2,1-3H3/t10-/m1/s1. The lowest BCUT2D eigenvalue weighted by Gasteiger charge is -2.27. The van der Waals surface area contributed by atoms with Crippen LogP contribution in [0.15, 0.2) is 0 Å². The summed E-state index contributed by atoms with van der Waals surface area (Å²) in [6, 6.07) is 2.24. The van der Waals surface area contributed by atoms with Gasteiger partial charge in [0.25, 0.3) is 0 Å². The Kier molecular flexibility index (Phi) is 4.17. The van der Waals surface area contributed by atoms with Gasteiger partial charge < -0.3 is 9.64 Å². The van der Waals surface area contributed by atoms with E-state index in [-0.39, 0.29) is 12.0 Å². The van der Waals surface area contributed by atoms with Crippen molar-refractivity contribution in [2.75, 3.05) is 13.1 Å². The molecule has 1 aliphatic heterocycles. The van der Waals surface area contributed by atoms with Crippen LogP contribution in [0.3, 0.4) is 0 Å². The number of nitrogens with zero attached hydrogens (tertiary/aromatic N) is 2. The molecular formula is C12H20N2O2. The Morgan fingerprint density at radius 2 is 2.12 bits per heavy atom. The van der Waals surface area contributed by atoms with Crippen molar-refractivity contribution in [2.24, 2.45) is 5.92 Å². The fourth-order valence-corrected chi connectivity index (χ4v) is 1.74. The molecule has 1 fully saturated rings. The number of carbonyl (C=O) groups excluding carboxylic acids is 1. The van der Waals surface area contributed by atoms with E-state index in [0.29, 0.717) is 13.1 Å². The monoisotopic (exact) mass is 224 g/mol. The highest BCUT2D eigenvalue weighted by atomic mass is 16.6. The lowest BCUT2D eigenvalue weighted by Crippen LogP contribution is -2.38. The second-order valence-corrected chi connectivity index (χ2v) is 5.25. The lowest BCUT2D eigenvalue weighted by molar-refractivity contribution is 0.0245. The second-order valence-electron chi connectivity index (χ2n) is 5.25. The Morgan fingerprint density at radius 1 is 1.44 bits per heavy atom. The van der Waals surface area contributed by atoms with Gasteiger partial charge in [-0.15, -0.1) is 0 Å². The zero-order valence-electron chi connectivity index (χ0n) is 10.3. The van der Waals surface area contributed by atoms with Crippen LogP contribution in [0.25, 0.3) is 0 Å². The molecule has 1 aliphatic rings. The number of hydrogen-bond acceptors (Lipinski definition) is 3. The van der Waals surface area contributed by atoms with Crippen molar-refractivity contribution < 1.29 is 9.53 Å². The van der Waals surface area contributed by atoms with Gasteiger partial charge in [-0.25, -0.2) is 4.79 Å². The molecule has 0 aromatic carbocycles. The molecule has 4 heteroatoms. The Bertz CT molecular complexity index is 288. The molecule has 0 aromatic heterocycles. The molecule has 16 heavy (non-hydrogen) atoms. The summed E-state index contributed by atoms with van der Waals surface area (Å²) >= 11 is 0. The minimum atomic E-state index is -0.467. The van der Waals surface area contributed by atoms with Crippen LogP contribution in [-0.2, 0) is 4.74 Å². The third kappa shape index (κ3) is 4.09. The molecule has 1 heterocycles. The van der Waals surface area contributed by atoms with E-state index in [1.807, 2.05) is 20.8 Å². The Balaban J connectivity index is 2.57. The number of rotatable bonds is 0. The highest BCUT2D eigenvalue weighted by Crippen LogP contribution is 2.18. The topological polar surface area (TPSA) is 53.3 Å². The quantitative estimate of drug-likeness (QED) is 0.635. The minimum absolute atomic E-state index is 0.0463. The van der Waals surface area contributed by atoms with Gasteiger partial charge >= 0.3 is 6.09 Å². The molecule has 1 rings (SSSR count). The van der Waals surface area contributed by atoms with E-state index in [1.165, 1.54) is 0 Å². The van der Waals surface area contributed by atoms with E-state index in [2.05, 4.69) is 6.07 Å². The predicted molar refractivity (Wildman–Crippen MR) is 60.8 cm³/mol. The first-order chi connectivity index (χ1) is 7.42. The van der Waals surface area contributed by atoms with Crippen molar-refractivity contribution in [3.8, 4) is 6.07 Å². The van der Waals surface area contributed by atoms with Gasteiger partial charge in [-0.3, -0.25) is 0 Å². The third-order valence-electron chi connectivity index (χ3n) is 2.51.